The predicted octanol–water partition coefficient (Wildman–Crippen LogP) is 7.04. The van der Waals surface area contributed by atoms with Crippen LogP contribution in [-0.2, 0) is 14.2 Å². The molecular weight excluding hydrogens is 534 g/mol. The molecular formula is C33H59N3O6. The summed E-state index contributed by atoms with van der Waals surface area (Å²) >= 11 is 0. The van der Waals surface area contributed by atoms with E-state index in [-0.39, 0.29) is 19.8 Å². The maximum atomic E-state index is 12.6. The molecule has 42 heavy (non-hydrogen) atoms. The minimum absolute atomic E-state index is 0.0166. The Morgan fingerprint density at radius 2 is 0.881 bits per heavy atom. The van der Waals surface area contributed by atoms with Crippen molar-refractivity contribution in [3.8, 4) is 0 Å². The second-order valence-corrected chi connectivity index (χ2v) is 14.1. The summed E-state index contributed by atoms with van der Waals surface area (Å²) in [5.74, 6) is 3.46. The molecule has 9 heteroatoms. The zero-order valence-corrected chi connectivity index (χ0v) is 26.8. The Morgan fingerprint density at radius 1 is 0.571 bits per heavy atom. The topological polar surface area (TPSA) is 115 Å². The summed E-state index contributed by atoms with van der Waals surface area (Å²) in [6.07, 6.45) is 13.1. The number of carbonyl (C=O) groups excluding carboxylic acids is 3. The number of ether oxygens (including phenoxy) is 3. The maximum Gasteiger partial charge on any atom is 0.407 e. The smallest absolute Gasteiger partial charge is 0.407 e. The van der Waals surface area contributed by atoms with Gasteiger partial charge in [-0.3, -0.25) is 0 Å². The number of nitrogens with one attached hydrogen (secondary N) is 3. The fourth-order valence-electron chi connectivity index (χ4n) is 7.16. The van der Waals surface area contributed by atoms with Crippen LogP contribution in [0, 0.1) is 40.9 Å². The van der Waals surface area contributed by atoms with Gasteiger partial charge >= 0.3 is 18.3 Å². The molecule has 9 nitrogen and oxygen atoms in total. The number of amides is 3. The highest BCUT2D eigenvalue weighted by Gasteiger charge is 2.35. The maximum absolute atomic E-state index is 12.6. The fraction of sp³-hybridized carbons (Fsp3) is 0.909. The third-order valence-electron chi connectivity index (χ3n) is 10.0. The molecule has 3 saturated carbocycles. The van der Waals surface area contributed by atoms with Gasteiger partial charge in [0.1, 0.15) is 19.8 Å². The van der Waals surface area contributed by atoms with Crippen LogP contribution in [0.5, 0.6) is 0 Å². The summed E-state index contributed by atoms with van der Waals surface area (Å²) in [5.41, 5.74) is -0.843. The third kappa shape index (κ3) is 12.6. The summed E-state index contributed by atoms with van der Waals surface area (Å²) in [6, 6.07) is 0. The van der Waals surface area contributed by atoms with Crippen LogP contribution < -0.4 is 16.0 Å². The van der Waals surface area contributed by atoms with Crippen molar-refractivity contribution < 1.29 is 28.6 Å². The van der Waals surface area contributed by atoms with Gasteiger partial charge in [0.05, 0.1) is 5.41 Å². The number of hydrogen-bond acceptors (Lipinski definition) is 6. The molecule has 3 fully saturated rings. The average molecular weight is 594 g/mol. The van der Waals surface area contributed by atoms with E-state index in [2.05, 4.69) is 36.7 Å². The van der Waals surface area contributed by atoms with E-state index in [4.69, 9.17) is 14.2 Å². The number of alkyl carbamates (subject to hydrolysis) is 3. The summed E-state index contributed by atoms with van der Waals surface area (Å²) < 4.78 is 16.9. The molecule has 242 valence electrons. The molecule has 0 aliphatic heterocycles. The van der Waals surface area contributed by atoms with Crippen molar-refractivity contribution in [2.45, 2.75) is 111 Å². The monoisotopic (exact) mass is 593 g/mol. The molecule has 3 amide bonds. The first kappa shape index (κ1) is 34.3. The van der Waals surface area contributed by atoms with Gasteiger partial charge in [0.25, 0.3) is 0 Å². The van der Waals surface area contributed by atoms with Crippen molar-refractivity contribution in [1.82, 2.24) is 16.0 Å². The van der Waals surface area contributed by atoms with Crippen LogP contribution in [0.4, 0.5) is 14.4 Å². The largest absolute Gasteiger partial charge is 0.449 e. The molecule has 3 aliphatic rings. The lowest BCUT2D eigenvalue weighted by atomic mass is 9.82. The van der Waals surface area contributed by atoms with Crippen molar-refractivity contribution in [2.24, 2.45) is 40.9 Å². The van der Waals surface area contributed by atoms with Crippen molar-refractivity contribution in [3.05, 3.63) is 0 Å². The van der Waals surface area contributed by atoms with Gasteiger partial charge in [0.15, 0.2) is 0 Å². The Hall–Kier alpha value is -2.19. The van der Waals surface area contributed by atoms with E-state index in [0.29, 0.717) is 61.6 Å². The zero-order chi connectivity index (χ0) is 30.4. The highest BCUT2D eigenvalue weighted by atomic mass is 16.6. The molecule has 3 rings (SSSR count). The third-order valence-corrected chi connectivity index (χ3v) is 10.0. The standard InChI is InChI=1S/C33H59N3O6/c1-5-33(21-40-30(37)34-18-27-12-6-9-24(2)15-27,22-41-31(38)35-19-28-13-7-10-25(3)16-28)23-42-32(39)36-20-29-14-8-11-26(4)17-29/h24-29H,5-23H2,1-4H3,(H,34,37)(H,35,38)(H,36,39). The van der Waals surface area contributed by atoms with E-state index in [1.54, 1.807) is 0 Å². The molecule has 3 aliphatic carbocycles. The normalized spacial score (nSPS) is 29.4. The van der Waals surface area contributed by atoms with Crippen molar-refractivity contribution >= 4 is 18.3 Å². The van der Waals surface area contributed by atoms with E-state index in [9.17, 15) is 14.4 Å². The van der Waals surface area contributed by atoms with Gasteiger partial charge in [-0.25, -0.2) is 14.4 Å². The molecule has 0 bridgehead atoms. The molecule has 0 aromatic heterocycles. The Labute approximate surface area is 254 Å². The molecule has 6 unspecified atom stereocenters. The number of carbonyl (C=O) groups is 3. The zero-order valence-electron chi connectivity index (χ0n) is 26.8. The van der Waals surface area contributed by atoms with Gasteiger partial charge in [-0.15, -0.1) is 0 Å². The molecule has 0 saturated heterocycles. The summed E-state index contributed by atoms with van der Waals surface area (Å²) in [5, 5.41) is 8.76. The van der Waals surface area contributed by atoms with Crippen LogP contribution in [0.3, 0.4) is 0 Å². The van der Waals surface area contributed by atoms with Gasteiger partial charge in [-0.1, -0.05) is 66.2 Å². The minimum Gasteiger partial charge on any atom is -0.449 e. The first-order valence-electron chi connectivity index (χ1n) is 16.9. The van der Waals surface area contributed by atoms with Crippen molar-refractivity contribution in [3.63, 3.8) is 0 Å². The Kier molecular flexibility index (Phi) is 14.5. The van der Waals surface area contributed by atoms with E-state index in [1.165, 1.54) is 38.5 Å². The quantitative estimate of drug-likeness (QED) is 0.197. The molecule has 0 heterocycles. The van der Waals surface area contributed by atoms with Gasteiger partial charge in [0.2, 0.25) is 0 Å². The Balaban J connectivity index is 1.49. The Morgan fingerprint density at radius 3 is 1.14 bits per heavy atom. The highest BCUT2D eigenvalue weighted by molar-refractivity contribution is 5.68. The van der Waals surface area contributed by atoms with E-state index in [0.717, 1.165) is 38.5 Å². The van der Waals surface area contributed by atoms with Gasteiger partial charge in [-0.2, -0.15) is 0 Å². The molecule has 0 spiro atoms. The van der Waals surface area contributed by atoms with Gasteiger partial charge in [0, 0.05) is 19.6 Å². The van der Waals surface area contributed by atoms with Crippen LogP contribution in [0.1, 0.15) is 111 Å². The summed E-state index contributed by atoms with van der Waals surface area (Å²) in [7, 11) is 0. The summed E-state index contributed by atoms with van der Waals surface area (Å²) in [6.45, 7) is 10.5. The van der Waals surface area contributed by atoms with Crippen LogP contribution in [-0.4, -0.2) is 57.7 Å². The van der Waals surface area contributed by atoms with Crippen molar-refractivity contribution in [2.75, 3.05) is 39.5 Å². The highest BCUT2D eigenvalue weighted by Crippen LogP contribution is 2.30. The van der Waals surface area contributed by atoms with Crippen LogP contribution in [0.2, 0.25) is 0 Å². The molecule has 3 N–H and O–H groups in total. The van der Waals surface area contributed by atoms with Crippen molar-refractivity contribution in [1.29, 1.82) is 0 Å². The van der Waals surface area contributed by atoms with Gasteiger partial charge < -0.3 is 30.2 Å². The molecule has 0 aromatic carbocycles. The van der Waals surface area contributed by atoms with E-state index >= 15 is 0 Å². The predicted molar refractivity (Wildman–Crippen MR) is 164 cm³/mol. The van der Waals surface area contributed by atoms with Gasteiger partial charge in [-0.05, 0) is 80.5 Å². The summed E-state index contributed by atoms with van der Waals surface area (Å²) in [4.78, 5) is 37.9. The van der Waals surface area contributed by atoms with Crippen LogP contribution >= 0.6 is 0 Å². The lowest BCUT2D eigenvalue weighted by Gasteiger charge is -2.32. The molecule has 6 atom stereocenters. The minimum atomic E-state index is -0.843. The number of hydrogen-bond donors (Lipinski definition) is 3. The van der Waals surface area contributed by atoms with Crippen LogP contribution in [0.25, 0.3) is 0 Å². The molecule has 0 aromatic rings. The van der Waals surface area contributed by atoms with E-state index in [1.807, 2.05) is 6.92 Å². The second-order valence-electron chi connectivity index (χ2n) is 14.1. The first-order chi connectivity index (χ1) is 20.2. The SMILES string of the molecule is CCC(COC(=O)NCC1CCCC(C)C1)(COC(=O)NCC1CCCC(C)C1)COC(=O)NCC1CCCC(C)C1. The average Bonchev–Trinajstić information content (AvgIpc) is 2.98. The lowest BCUT2D eigenvalue weighted by Crippen LogP contribution is -2.43. The first-order valence-corrected chi connectivity index (χ1v) is 16.9. The Bertz CT molecular complexity index is 736. The fourth-order valence-corrected chi connectivity index (χ4v) is 7.16. The second kappa shape index (κ2) is 17.8. The molecule has 0 radical (unpaired) electrons. The van der Waals surface area contributed by atoms with Crippen LogP contribution in [0.15, 0.2) is 0 Å². The lowest BCUT2D eigenvalue weighted by molar-refractivity contribution is -0.0181. The van der Waals surface area contributed by atoms with E-state index < -0.39 is 23.7 Å². The number of rotatable bonds is 13.